The van der Waals surface area contributed by atoms with Gasteiger partial charge in [0.2, 0.25) is 0 Å². The molecule has 15 heavy (non-hydrogen) atoms. The highest BCUT2D eigenvalue weighted by molar-refractivity contribution is 4.90. The monoisotopic (exact) mass is 212 g/mol. The zero-order valence-corrected chi connectivity index (χ0v) is 11.0. The molecule has 1 unspecified atom stereocenters. The standard InChI is InChI=1S/C13H28N2/c1-5-6-7-9-15-10-8-12(14-4)13(2,3)11-15/h12,14H,5-11H2,1-4H3. The number of unbranched alkanes of at least 4 members (excludes halogenated alkanes) is 2. The van der Waals surface area contributed by atoms with Crippen LogP contribution in [-0.2, 0) is 0 Å². The molecule has 0 aliphatic carbocycles. The summed E-state index contributed by atoms with van der Waals surface area (Å²) in [7, 11) is 2.10. The molecule has 1 rings (SSSR count). The minimum absolute atomic E-state index is 0.430. The first-order chi connectivity index (χ1) is 7.10. The molecular weight excluding hydrogens is 184 g/mol. The molecule has 2 nitrogen and oxygen atoms in total. The van der Waals surface area contributed by atoms with Gasteiger partial charge in [0.25, 0.3) is 0 Å². The summed E-state index contributed by atoms with van der Waals surface area (Å²) >= 11 is 0. The van der Waals surface area contributed by atoms with E-state index < -0.39 is 0 Å². The molecule has 90 valence electrons. The Balaban J connectivity index is 2.33. The number of hydrogen-bond acceptors (Lipinski definition) is 2. The Bertz CT molecular complexity index is 175. The molecule has 1 atom stereocenters. The van der Waals surface area contributed by atoms with Gasteiger partial charge in [0, 0.05) is 12.6 Å². The first-order valence-electron chi connectivity index (χ1n) is 6.49. The molecule has 0 aromatic heterocycles. The molecule has 0 bridgehead atoms. The van der Waals surface area contributed by atoms with Crippen molar-refractivity contribution in [3.05, 3.63) is 0 Å². The quantitative estimate of drug-likeness (QED) is 0.704. The first kappa shape index (κ1) is 13.0. The predicted octanol–water partition coefficient (Wildman–Crippen LogP) is 2.50. The van der Waals surface area contributed by atoms with Crippen molar-refractivity contribution in [2.75, 3.05) is 26.7 Å². The highest BCUT2D eigenvalue weighted by atomic mass is 15.2. The maximum absolute atomic E-state index is 3.46. The van der Waals surface area contributed by atoms with E-state index in [0.717, 1.165) is 0 Å². The lowest BCUT2D eigenvalue weighted by Crippen LogP contribution is -2.53. The van der Waals surface area contributed by atoms with Gasteiger partial charge in [-0.1, -0.05) is 33.6 Å². The van der Waals surface area contributed by atoms with Gasteiger partial charge < -0.3 is 10.2 Å². The van der Waals surface area contributed by atoms with Crippen molar-refractivity contribution in [3.8, 4) is 0 Å². The molecule has 1 aliphatic rings. The largest absolute Gasteiger partial charge is 0.316 e. The van der Waals surface area contributed by atoms with Gasteiger partial charge in [-0.05, 0) is 38.4 Å². The number of nitrogens with one attached hydrogen (secondary N) is 1. The van der Waals surface area contributed by atoms with Crippen molar-refractivity contribution in [1.82, 2.24) is 10.2 Å². The fourth-order valence-corrected chi connectivity index (χ4v) is 2.78. The Morgan fingerprint density at radius 3 is 2.60 bits per heavy atom. The van der Waals surface area contributed by atoms with E-state index in [0.29, 0.717) is 11.5 Å². The van der Waals surface area contributed by atoms with Crippen LogP contribution in [0.3, 0.4) is 0 Å². The summed E-state index contributed by atoms with van der Waals surface area (Å²) in [6, 6.07) is 0.694. The van der Waals surface area contributed by atoms with E-state index in [1.54, 1.807) is 0 Å². The van der Waals surface area contributed by atoms with E-state index in [1.165, 1.54) is 45.3 Å². The molecule has 1 heterocycles. The minimum Gasteiger partial charge on any atom is -0.316 e. The Labute approximate surface area is 95.4 Å². The highest BCUT2D eigenvalue weighted by Crippen LogP contribution is 2.29. The summed E-state index contributed by atoms with van der Waals surface area (Å²) in [6.45, 7) is 10.9. The molecule has 1 aliphatic heterocycles. The average molecular weight is 212 g/mol. The molecule has 1 N–H and O–H groups in total. The normalized spacial score (nSPS) is 26.8. The lowest BCUT2D eigenvalue weighted by atomic mass is 9.79. The van der Waals surface area contributed by atoms with E-state index in [-0.39, 0.29) is 0 Å². The first-order valence-corrected chi connectivity index (χ1v) is 6.49. The molecule has 0 saturated carbocycles. The lowest BCUT2D eigenvalue weighted by Gasteiger charge is -2.44. The fourth-order valence-electron chi connectivity index (χ4n) is 2.78. The number of nitrogens with zero attached hydrogens (tertiary/aromatic N) is 1. The maximum atomic E-state index is 3.46. The van der Waals surface area contributed by atoms with Crippen LogP contribution in [-0.4, -0.2) is 37.6 Å². The van der Waals surface area contributed by atoms with E-state index >= 15 is 0 Å². The van der Waals surface area contributed by atoms with Crippen LogP contribution in [0.1, 0.15) is 46.5 Å². The Hall–Kier alpha value is -0.0800. The van der Waals surface area contributed by atoms with Crippen LogP contribution >= 0.6 is 0 Å². The van der Waals surface area contributed by atoms with Gasteiger partial charge in [-0.25, -0.2) is 0 Å². The van der Waals surface area contributed by atoms with Gasteiger partial charge in [0.15, 0.2) is 0 Å². The van der Waals surface area contributed by atoms with E-state index in [1.807, 2.05) is 0 Å². The predicted molar refractivity (Wildman–Crippen MR) is 67.2 cm³/mol. The molecular formula is C13H28N2. The number of rotatable bonds is 5. The van der Waals surface area contributed by atoms with Crippen LogP contribution in [0.5, 0.6) is 0 Å². The third-order valence-electron chi connectivity index (χ3n) is 3.73. The zero-order chi connectivity index (χ0) is 11.3. The third kappa shape index (κ3) is 3.76. The van der Waals surface area contributed by atoms with Crippen LogP contribution in [0.2, 0.25) is 0 Å². The Kier molecular flexibility index (Phi) is 5.07. The highest BCUT2D eigenvalue weighted by Gasteiger charge is 2.34. The molecule has 2 heteroatoms. The second-order valence-corrected chi connectivity index (χ2v) is 5.60. The van der Waals surface area contributed by atoms with E-state index in [2.05, 4.69) is 38.0 Å². The van der Waals surface area contributed by atoms with Gasteiger partial charge in [0.1, 0.15) is 0 Å². The second-order valence-electron chi connectivity index (χ2n) is 5.60. The lowest BCUT2D eigenvalue weighted by molar-refractivity contribution is 0.0804. The summed E-state index contributed by atoms with van der Waals surface area (Å²) in [5.41, 5.74) is 0.430. The SMILES string of the molecule is CCCCCN1CCC(NC)C(C)(C)C1. The van der Waals surface area contributed by atoms with Gasteiger partial charge in [-0.2, -0.15) is 0 Å². The van der Waals surface area contributed by atoms with Crippen LogP contribution in [0.15, 0.2) is 0 Å². The number of likely N-dealkylation sites (tertiary alicyclic amines) is 1. The van der Waals surface area contributed by atoms with Crippen molar-refractivity contribution >= 4 is 0 Å². The van der Waals surface area contributed by atoms with Crippen LogP contribution in [0.4, 0.5) is 0 Å². The van der Waals surface area contributed by atoms with Crippen LogP contribution in [0.25, 0.3) is 0 Å². The van der Waals surface area contributed by atoms with Crippen LogP contribution in [0, 0.1) is 5.41 Å². The van der Waals surface area contributed by atoms with Gasteiger partial charge >= 0.3 is 0 Å². The van der Waals surface area contributed by atoms with Crippen molar-refractivity contribution in [2.24, 2.45) is 5.41 Å². The van der Waals surface area contributed by atoms with Crippen molar-refractivity contribution in [1.29, 1.82) is 0 Å². The summed E-state index contributed by atoms with van der Waals surface area (Å²) in [5.74, 6) is 0. The van der Waals surface area contributed by atoms with Gasteiger partial charge in [-0.3, -0.25) is 0 Å². The third-order valence-corrected chi connectivity index (χ3v) is 3.73. The van der Waals surface area contributed by atoms with Gasteiger partial charge in [-0.15, -0.1) is 0 Å². The maximum Gasteiger partial charge on any atom is 0.0140 e. The van der Waals surface area contributed by atoms with Crippen molar-refractivity contribution in [2.45, 2.75) is 52.5 Å². The van der Waals surface area contributed by atoms with E-state index in [4.69, 9.17) is 0 Å². The Morgan fingerprint density at radius 1 is 1.33 bits per heavy atom. The second kappa shape index (κ2) is 5.86. The summed E-state index contributed by atoms with van der Waals surface area (Å²) in [5, 5.41) is 3.46. The zero-order valence-electron chi connectivity index (χ0n) is 11.0. The van der Waals surface area contributed by atoms with E-state index in [9.17, 15) is 0 Å². The molecule has 0 amide bonds. The van der Waals surface area contributed by atoms with Crippen molar-refractivity contribution < 1.29 is 0 Å². The molecule has 0 aromatic rings. The molecule has 1 fully saturated rings. The number of piperidine rings is 1. The summed E-state index contributed by atoms with van der Waals surface area (Å²) in [6.07, 6.45) is 5.38. The van der Waals surface area contributed by atoms with Gasteiger partial charge in [0.05, 0.1) is 0 Å². The number of hydrogen-bond donors (Lipinski definition) is 1. The minimum atomic E-state index is 0.430. The van der Waals surface area contributed by atoms with Crippen LogP contribution < -0.4 is 5.32 Å². The average Bonchev–Trinajstić information content (AvgIpc) is 2.17. The molecule has 0 spiro atoms. The smallest absolute Gasteiger partial charge is 0.0140 e. The molecule has 0 radical (unpaired) electrons. The van der Waals surface area contributed by atoms with Crippen molar-refractivity contribution in [3.63, 3.8) is 0 Å². The molecule has 1 saturated heterocycles. The fraction of sp³-hybridized carbons (Fsp3) is 1.00. The Morgan fingerprint density at radius 2 is 2.07 bits per heavy atom. The summed E-state index contributed by atoms with van der Waals surface area (Å²) < 4.78 is 0. The topological polar surface area (TPSA) is 15.3 Å². The summed E-state index contributed by atoms with van der Waals surface area (Å²) in [4.78, 5) is 2.64. The molecule has 0 aromatic carbocycles.